The van der Waals surface area contributed by atoms with Gasteiger partial charge in [0.25, 0.3) is 0 Å². The van der Waals surface area contributed by atoms with Gasteiger partial charge in [-0.3, -0.25) is 0 Å². The largest absolute Gasteiger partial charge is 0.457 e. The molecule has 0 saturated heterocycles. The lowest BCUT2D eigenvalue weighted by Gasteiger charge is -2.42. The van der Waals surface area contributed by atoms with Gasteiger partial charge in [0.1, 0.15) is 11.5 Å². The monoisotopic (exact) mass is 698 g/mol. The lowest BCUT2D eigenvalue weighted by atomic mass is 9.61. The highest BCUT2D eigenvalue weighted by molar-refractivity contribution is 6.07. The quantitative estimate of drug-likeness (QED) is 0.178. The molecule has 0 aromatic heterocycles. The van der Waals surface area contributed by atoms with Gasteiger partial charge in [-0.25, -0.2) is 0 Å². The minimum absolute atomic E-state index is 0.453. The molecule has 3 aliphatic rings. The molecule has 0 amide bonds. The Kier molecular flexibility index (Phi) is 6.25. The van der Waals surface area contributed by atoms with Gasteiger partial charge in [0.05, 0.1) is 10.8 Å². The van der Waals surface area contributed by atoms with E-state index in [1.54, 1.807) is 0 Å². The third kappa shape index (κ3) is 3.87. The molecular formula is C54H34O. The highest BCUT2D eigenvalue weighted by Gasteiger charge is 2.51. The van der Waals surface area contributed by atoms with Gasteiger partial charge >= 0.3 is 0 Å². The van der Waals surface area contributed by atoms with E-state index in [1.165, 1.54) is 72.0 Å². The Bertz CT molecular complexity index is 2970. The second-order valence-electron chi connectivity index (χ2n) is 15.1. The van der Waals surface area contributed by atoms with Gasteiger partial charge in [0.15, 0.2) is 0 Å². The van der Waals surface area contributed by atoms with Crippen molar-refractivity contribution in [2.24, 2.45) is 0 Å². The summed E-state index contributed by atoms with van der Waals surface area (Å²) in [7, 11) is 0. The maximum Gasteiger partial charge on any atom is 0.132 e. The van der Waals surface area contributed by atoms with E-state index in [0.29, 0.717) is 0 Å². The van der Waals surface area contributed by atoms with Gasteiger partial charge in [0.2, 0.25) is 0 Å². The molecule has 0 bridgehead atoms. The first kappa shape index (κ1) is 30.5. The molecule has 55 heavy (non-hydrogen) atoms. The van der Waals surface area contributed by atoms with Crippen LogP contribution >= 0.6 is 0 Å². The maximum atomic E-state index is 6.88. The molecule has 12 rings (SSSR count). The van der Waals surface area contributed by atoms with Crippen LogP contribution in [0.1, 0.15) is 44.5 Å². The van der Waals surface area contributed by atoms with Crippen molar-refractivity contribution in [1.29, 1.82) is 0 Å². The standard InChI is InChI=1S/C54H34O/c1-3-18-37(19-4-1)53(38-20-5-2-6-21-38)47-28-11-12-30-49(47)55-50-31-15-24-39(52(50)53)36-32-33-46-43(34-36)41-23-8-10-27-45(41)54(46)44-26-9-7-22-40(44)42-25-13-16-35-17-14-29-48(54)51(35)42/h1-34H. The Labute approximate surface area is 320 Å². The Balaban J connectivity index is 1.17. The zero-order valence-electron chi connectivity index (χ0n) is 30.0. The number of hydrogen-bond acceptors (Lipinski definition) is 1. The van der Waals surface area contributed by atoms with Crippen LogP contribution in [0.25, 0.3) is 44.2 Å². The second-order valence-corrected chi connectivity index (χ2v) is 15.1. The lowest BCUT2D eigenvalue weighted by Crippen LogP contribution is -2.34. The first-order valence-electron chi connectivity index (χ1n) is 19.2. The number of rotatable bonds is 3. The fraction of sp³-hybridized carbons (Fsp3) is 0.0370. The predicted octanol–water partition coefficient (Wildman–Crippen LogP) is 13.3. The molecule has 1 unspecified atom stereocenters. The van der Waals surface area contributed by atoms with Gasteiger partial charge in [-0.05, 0) is 95.7 Å². The van der Waals surface area contributed by atoms with Crippen LogP contribution in [-0.2, 0) is 10.8 Å². The van der Waals surface area contributed by atoms with E-state index in [1.807, 2.05) is 0 Å². The zero-order valence-corrected chi connectivity index (χ0v) is 30.0. The van der Waals surface area contributed by atoms with Gasteiger partial charge in [-0.15, -0.1) is 0 Å². The van der Waals surface area contributed by atoms with Gasteiger partial charge in [-0.1, -0.05) is 188 Å². The third-order valence-corrected chi connectivity index (χ3v) is 12.6. The van der Waals surface area contributed by atoms with Crippen LogP contribution in [0.5, 0.6) is 11.5 Å². The lowest BCUT2D eigenvalue weighted by molar-refractivity contribution is 0.435. The molecule has 9 aromatic rings. The maximum absolute atomic E-state index is 6.88. The first-order chi connectivity index (χ1) is 27.3. The SMILES string of the molecule is c1ccc(C2(c3ccccc3)c3ccccc3Oc3cccc(-c4ccc5c(c4)-c4ccccc4C54c5ccccc5-c5cccc6cccc4c56)c32)cc1. The van der Waals surface area contributed by atoms with E-state index in [2.05, 4.69) is 206 Å². The van der Waals surface area contributed by atoms with Crippen LogP contribution in [0, 0.1) is 0 Å². The number of hydrogen-bond donors (Lipinski definition) is 0. The molecule has 9 aromatic carbocycles. The van der Waals surface area contributed by atoms with Crippen molar-refractivity contribution in [3.63, 3.8) is 0 Å². The Morgan fingerprint density at radius 3 is 1.55 bits per heavy atom. The molecule has 2 aliphatic carbocycles. The minimum Gasteiger partial charge on any atom is -0.457 e. The molecular weight excluding hydrogens is 665 g/mol. The molecule has 1 atom stereocenters. The van der Waals surface area contributed by atoms with Gasteiger partial charge in [-0.2, -0.15) is 0 Å². The summed E-state index contributed by atoms with van der Waals surface area (Å²) in [6.07, 6.45) is 0. The van der Waals surface area contributed by atoms with E-state index in [-0.39, 0.29) is 0 Å². The van der Waals surface area contributed by atoms with Crippen molar-refractivity contribution in [1.82, 2.24) is 0 Å². The molecule has 0 radical (unpaired) electrons. The molecule has 0 saturated carbocycles. The van der Waals surface area contributed by atoms with E-state index in [4.69, 9.17) is 4.74 Å². The Morgan fingerprint density at radius 1 is 0.309 bits per heavy atom. The molecule has 1 spiro atoms. The Morgan fingerprint density at radius 2 is 0.818 bits per heavy atom. The first-order valence-corrected chi connectivity index (χ1v) is 19.2. The highest BCUT2D eigenvalue weighted by Crippen LogP contribution is 2.63. The summed E-state index contributed by atoms with van der Waals surface area (Å²) < 4.78 is 6.88. The van der Waals surface area contributed by atoms with Crippen LogP contribution in [0.2, 0.25) is 0 Å². The van der Waals surface area contributed by atoms with Crippen molar-refractivity contribution in [2.75, 3.05) is 0 Å². The summed E-state index contributed by atoms with van der Waals surface area (Å²) in [5.41, 5.74) is 16.5. The van der Waals surface area contributed by atoms with Gasteiger partial charge in [0, 0.05) is 11.1 Å². The molecule has 1 aliphatic heterocycles. The predicted molar refractivity (Wildman–Crippen MR) is 224 cm³/mol. The summed E-state index contributed by atoms with van der Waals surface area (Å²) in [4.78, 5) is 0. The van der Waals surface area contributed by atoms with Gasteiger partial charge < -0.3 is 4.74 Å². The molecule has 1 nitrogen and oxygen atoms in total. The number of ether oxygens (including phenoxy) is 1. The summed E-state index contributed by atoms with van der Waals surface area (Å²) in [6, 6.07) is 76.2. The van der Waals surface area contributed by atoms with Crippen LogP contribution in [0.3, 0.4) is 0 Å². The fourth-order valence-corrected chi connectivity index (χ4v) is 10.6. The molecule has 256 valence electrons. The van der Waals surface area contributed by atoms with Crippen LogP contribution in [-0.4, -0.2) is 0 Å². The number of fused-ring (bicyclic) bond motifs is 11. The van der Waals surface area contributed by atoms with E-state index in [9.17, 15) is 0 Å². The van der Waals surface area contributed by atoms with Crippen LogP contribution < -0.4 is 4.74 Å². The van der Waals surface area contributed by atoms with Crippen LogP contribution in [0.15, 0.2) is 206 Å². The Hall–Kier alpha value is -6.96. The fourth-order valence-electron chi connectivity index (χ4n) is 10.6. The van der Waals surface area contributed by atoms with E-state index < -0.39 is 10.8 Å². The molecule has 1 heterocycles. The number of benzene rings is 9. The smallest absolute Gasteiger partial charge is 0.132 e. The van der Waals surface area contributed by atoms with E-state index >= 15 is 0 Å². The summed E-state index contributed by atoms with van der Waals surface area (Å²) in [5.74, 6) is 1.76. The summed E-state index contributed by atoms with van der Waals surface area (Å²) >= 11 is 0. The normalized spacial score (nSPS) is 16.4. The molecule has 0 fully saturated rings. The zero-order chi connectivity index (χ0) is 36.1. The average Bonchev–Trinajstić information content (AvgIpc) is 3.55. The minimum atomic E-state index is -0.622. The van der Waals surface area contributed by atoms with Crippen molar-refractivity contribution in [3.05, 3.63) is 251 Å². The summed E-state index contributed by atoms with van der Waals surface area (Å²) in [6.45, 7) is 0. The average molecular weight is 699 g/mol. The number of para-hydroxylation sites is 1. The molecule has 0 N–H and O–H groups in total. The topological polar surface area (TPSA) is 9.23 Å². The van der Waals surface area contributed by atoms with Crippen LogP contribution in [0.4, 0.5) is 0 Å². The molecule has 1 heteroatoms. The van der Waals surface area contributed by atoms with Crippen molar-refractivity contribution in [3.8, 4) is 44.9 Å². The highest BCUT2D eigenvalue weighted by atomic mass is 16.5. The summed E-state index contributed by atoms with van der Waals surface area (Å²) in [5, 5.41) is 2.62. The van der Waals surface area contributed by atoms with Crippen molar-refractivity contribution >= 4 is 10.8 Å². The van der Waals surface area contributed by atoms with Crippen molar-refractivity contribution in [2.45, 2.75) is 10.8 Å². The van der Waals surface area contributed by atoms with E-state index in [0.717, 1.165) is 28.2 Å². The van der Waals surface area contributed by atoms with Crippen molar-refractivity contribution < 1.29 is 4.74 Å². The second kappa shape index (κ2) is 11.3. The third-order valence-electron chi connectivity index (χ3n) is 12.6.